The highest BCUT2D eigenvalue weighted by atomic mass is 16.9. The minimum atomic E-state index is -0.823. The summed E-state index contributed by atoms with van der Waals surface area (Å²) >= 11 is 0. The SMILES string of the molecule is CC(C)CCCOB1OB(OCCCC(C)C)OB(OCCCC(C)C)O1. The molecule has 0 aromatic heterocycles. The summed E-state index contributed by atoms with van der Waals surface area (Å²) in [6, 6.07) is 0. The minimum absolute atomic E-state index is 0.572. The molecule has 0 radical (unpaired) electrons. The van der Waals surface area contributed by atoms with Gasteiger partial charge in [-0.15, -0.1) is 0 Å². The molecule has 1 rings (SSSR count). The number of hydrogen-bond acceptors (Lipinski definition) is 6. The molecular weight excluding hydrogens is 345 g/mol. The Labute approximate surface area is 167 Å². The van der Waals surface area contributed by atoms with Gasteiger partial charge in [0, 0.05) is 19.8 Å². The summed E-state index contributed by atoms with van der Waals surface area (Å²) in [5, 5.41) is 0. The van der Waals surface area contributed by atoms with E-state index in [1.54, 1.807) is 0 Å². The molecule has 0 aromatic carbocycles. The van der Waals surface area contributed by atoms with E-state index in [2.05, 4.69) is 41.5 Å². The van der Waals surface area contributed by atoms with Crippen LogP contribution in [0.15, 0.2) is 0 Å². The molecule has 0 unspecified atom stereocenters. The van der Waals surface area contributed by atoms with Crippen molar-refractivity contribution in [2.24, 2.45) is 17.8 Å². The maximum Gasteiger partial charge on any atom is 0.615 e. The Morgan fingerprint density at radius 2 is 0.778 bits per heavy atom. The minimum Gasteiger partial charge on any atom is -0.400 e. The molecule has 1 aliphatic rings. The van der Waals surface area contributed by atoms with Gasteiger partial charge in [-0.3, -0.25) is 0 Å². The molecule has 6 nitrogen and oxygen atoms in total. The van der Waals surface area contributed by atoms with Crippen molar-refractivity contribution in [1.82, 2.24) is 0 Å². The van der Waals surface area contributed by atoms with E-state index in [4.69, 9.17) is 27.7 Å². The summed E-state index contributed by atoms with van der Waals surface area (Å²) in [6.45, 7) is 14.9. The summed E-state index contributed by atoms with van der Waals surface area (Å²) in [4.78, 5) is 0. The fourth-order valence-corrected chi connectivity index (χ4v) is 2.62. The molecule has 0 saturated carbocycles. The first-order chi connectivity index (χ1) is 12.9. The highest BCUT2D eigenvalue weighted by molar-refractivity contribution is 6.66. The zero-order valence-electron chi connectivity index (χ0n) is 18.3. The predicted octanol–water partition coefficient (Wildman–Crippen LogP) is 4.36. The van der Waals surface area contributed by atoms with E-state index in [9.17, 15) is 0 Å². The van der Waals surface area contributed by atoms with E-state index < -0.39 is 22.0 Å². The molecule has 0 aromatic rings. The van der Waals surface area contributed by atoms with Gasteiger partial charge in [0.05, 0.1) is 0 Å². The van der Waals surface area contributed by atoms with Gasteiger partial charge in [-0.2, -0.15) is 0 Å². The van der Waals surface area contributed by atoms with Crippen LogP contribution in [-0.4, -0.2) is 41.8 Å². The monoisotopic (exact) mass is 384 g/mol. The summed E-state index contributed by atoms with van der Waals surface area (Å²) in [6.07, 6.45) is 6.19. The molecule has 0 aliphatic carbocycles. The molecule has 27 heavy (non-hydrogen) atoms. The molecule has 0 spiro atoms. The van der Waals surface area contributed by atoms with Crippen molar-refractivity contribution in [3.8, 4) is 0 Å². The Morgan fingerprint density at radius 1 is 0.519 bits per heavy atom. The molecule has 9 heteroatoms. The Morgan fingerprint density at radius 3 is 1.00 bits per heavy atom. The van der Waals surface area contributed by atoms with Gasteiger partial charge in [0.25, 0.3) is 0 Å². The van der Waals surface area contributed by atoms with E-state index in [0.717, 1.165) is 38.5 Å². The molecule has 0 bridgehead atoms. The molecule has 0 atom stereocenters. The molecule has 1 fully saturated rings. The van der Waals surface area contributed by atoms with E-state index in [0.29, 0.717) is 37.6 Å². The highest BCUT2D eigenvalue weighted by Gasteiger charge is 2.46. The fraction of sp³-hybridized carbons (Fsp3) is 1.00. The number of rotatable bonds is 15. The van der Waals surface area contributed by atoms with Crippen molar-refractivity contribution in [3.05, 3.63) is 0 Å². The molecular formula is C18H39B3O6. The predicted molar refractivity (Wildman–Crippen MR) is 111 cm³/mol. The summed E-state index contributed by atoms with van der Waals surface area (Å²) in [7, 11) is -2.47. The second-order valence-corrected chi connectivity index (χ2v) is 8.49. The van der Waals surface area contributed by atoms with Crippen LogP contribution in [0.3, 0.4) is 0 Å². The molecule has 156 valence electrons. The Kier molecular flexibility index (Phi) is 13.8. The van der Waals surface area contributed by atoms with Gasteiger partial charge in [-0.1, -0.05) is 41.5 Å². The van der Waals surface area contributed by atoms with Gasteiger partial charge in [0.2, 0.25) is 0 Å². The van der Waals surface area contributed by atoms with Gasteiger partial charge in [0.1, 0.15) is 0 Å². The third kappa shape index (κ3) is 13.7. The van der Waals surface area contributed by atoms with Crippen molar-refractivity contribution >= 4 is 22.0 Å². The van der Waals surface area contributed by atoms with Crippen LogP contribution < -0.4 is 0 Å². The number of hydrogen-bond donors (Lipinski definition) is 0. The average Bonchev–Trinajstić information content (AvgIpc) is 2.59. The quantitative estimate of drug-likeness (QED) is 0.309. The van der Waals surface area contributed by atoms with E-state index in [1.165, 1.54) is 0 Å². The molecule has 0 N–H and O–H groups in total. The fourth-order valence-electron chi connectivity index (χ4n) is 2.62. The van der Waals surface area contributed by atoms with Crippen LogP contribution in [0, 0.1) is 17.8 Å². The molecule has 1 heterocycles. The van der Waals surface area contributed by atoms with Crippen molar-refractivity contribution in [2.45, 2.75) is 80.1 Å². The van der Waals surface area contributed by atoms with E-state index in [-0.39, 0.29) is 0 Å². The second kappa shape index (κ2) is 14.9. The van der Waals surface area contributed by atoms with Gasteiger partial charge < -0.3 is 27.7 Å². The van der Waals surface area contributed by atoms with Crippen LogP contribution in [0.4, 0.5) is 0 Å². The van der Waals surface area contributed by atoms with Gasteiger partial charge in [0.15, 0.2) is 0 Å². The Hall–Kier alpha value is -0.0452. The first kappa shape index (κ1) is 25.0. The first-order valence-corrected chi connectivity index (χ1v) is 10.7. The normalized spacial score (nSPS) is 15.7. The third-order valence-corrected chi connectivity index (χ3v) is 4.21. The summed E-state index contributed by atoms with van der Waals surface area (Å²) < 4.78 is 33.9. The van der Waals surface area contributed by atoms with Crippen molar-refractivity contribution in [1.29, 1.82) is 0 Å². The average molecular weight is 384 g/mol. The topological polar surface area (TPSA) is 55.4 Å². The van der Waals surface area contributed by atoms with Gasteiger partial charge >= 0.3 is 22.0 Å². The van der Waals surface area contributed by atoms with Gasteiger partial charge in [-0.25, -0.2) is 0 Å². The van der Waals surface area contributed by atoms with Crippen molar-refractivity contribution in [2.75, 3.05) is 19.8 Å². The van der Waals surface area contributed by atoms with Crippen molar-refractivity contribution in [3.63, 3.8) is 0 Å². The largest absolute Gasteiger partial charge is 0.615 e. The first-order valence-electron chi connectivity index (χ1n) is 10.7. The Bertz CT molecular complexity index is 302. The zero-order valence-corrected chi connectivity index (χ0v) is 18.3. The lowest BCUT2D eigenvalue weighted by Crippen LogP contribution is -2.53. The maximum atomic E-state index is 5.70. The lowest BCUT2D eigenvalue weighted by Gasteiger charge is -2.28. The van der Waals surface area contributed by atoms with Crippen LogP contribution in [0.1, 0.15) is 80.1 Å². The van der Waals surface area contributed by atoms with Crippen molar-refractivity contribution < 1.29 is 27.7 Å². The van der Waals surface area contributed by atoms with Gasteiger partial charge in [-0.05, 0) is 56.3 Å². The summed E-state index contributed by atoms with van der Waals surface area (Å²) in [5.74, 6) is 1.96. The van der Waals surface area contributed by atoms with Crippen LogP contribution in [0.25, 0.3) is 0 Å². The van der Waals surface area contributed by atoms with Crippen LogP contribution in [-0.2, 0) is 27.7 Å². The summed E-state index contributed by atoms with van der Waals surface area (Å²) in [5.41, 5.74) is 0. The molecule has 0 amide bonds. The van der Waals surface area contributed by atoms with Crippen LogP contribution in [0.5, 0.6) is 0 Å². The Balaban J connectivity index is 2.37. The highest BCUT2D eigenvalue weighted by Crippen LogP contribution is 2.14. The second-order valence-electron chi connectivity index (χ2n) is 8.49. The molecule has 1 saturated heterocycles. The smallest absolute Gasteiger partial charge is 0.400 e. The zero-order chi connectivity index (χ0) is 20.1. The van der Waals surface area contributed by atoms with Crippen LogP contribution >= 0.6 is 0 Å². The van der Waals surface area contributed by atoms with E-state index in [1.807, 2.05) is 0 Å². The lowest BCUT2D eigenvalue weighted by atomic mass is 9.96. The standard InChI is InChI=1S/C18H39B3O6/c1-16(2)10-7-13-22-19-25-20(23-14-8-11-17(3)4)27-21(26-19)24-15-9-12-18(5)6/h16-18H,7-15H2,1-6H3. The molecule has 1 aliphatic heterocycles. The third-order valence-electron chi connectivity index (χ3n) is 4.21. The van der Waals surface area contributed by atoms with Crippen LogP contribution in [0.2, 0.25) is 0 Å². The lowest BCUT2D eigenvalue weighted by molar-refractivity contribution is 0.0638. The maximum absolute atomic E-state index is 5.70. The van der Waals surface area contributed by atoms with E-state index >= 15 is 0 Å².